The van der Waals surface area contributed by atoms with E-state index in [9.17, 15) is 18.0 Å². The summed E-state index contributed by atoms with van der Waals surface area (Å²) in [5.74, 6) is -2.06. The lowest BCUT2D eigenvalue weighted by Gasteiger charge is -2.15. The molecule has 0 aliphatic heterocycles. The van der Waals surface area contributed by atoms with Crippen LogP contribution in [0, 0.1) is 13.8 Å². The van der Waals surface area contributed by atoms with Gasteiger partial charge in [0.25, 0.3) is 5.91 Å². The van der Waals surface area contributed by atoms with Gasteiger partial charge in [-0.25, -0.2) is 13.2 Å². The molecule has 0 heterocycles. The molecule has 1 unspecified atom stereocenters. The number of carboxylic acids is 1. The topological polar surface area (TPSA) is 101 Å². The van der Waals surface area contributed by atoms with Crippen LogP contribution in [0.1, 0.15) is 27.9 Å². The van der Waals surface area contributed by atoms with Crippen molar-refractivity contribution in [2.75, 3.05) is 12.0 Å². The quantitative estimate of drug-likeness (QED) is 0.813. The highest BCUT2D eigenvalue weighted by molar-refractivity contribution is 7.90. The van der Waals surface area contributed by atoms with Crippen LogP contribution < -0.4 is 5.32 Å². The fourth-order valence-corrected chi connectivity index (χ4v) is 2.49. The zero-order chi connectivity index (χ0) is 16.2. The largest absolute Gasteiger partial charge is 0.480 e. The van der Waals surface area contributed by atoms with Crippen LogP contribution in [0.5, 0.6) is 0 Å². The van der Waals surface area contributed by atoms with Gasteiger partial charge >= 0.3 is 5.97 Å². The summed E-state index contributed by atoms with van der Waals surface area (Å²) in [6.07, 6.45) is 0.864. The molecule has 7 heteroatoms. The summed E-state index contributed by atoms with van der Waals surface area (Å²) in [6, 6.07) is 3.94. The van der Waals surface area contributed by atoms with Crippen LogP contribution in [0.15, 0.2) is 18.2 Å². The van der Waals surface area contributed by atoms with Crippen LogP contribution in [0.3, 0.4) is 0 Å². The molecule has 0 saturated carbocycles. The van der Waals surface area contributed by atoms with Crippen molar-refractivity contribution < 1.29 is 23.1 Å². The normalized spacial score (nSPS) is 12.7. The molecule has 0 aliphatic carbocycles. The van der Waals surface area contributed by atoms with Crippen molar-refractivity contribution in [2.45, 2.75) is 26.3 Å². The monoisotopic (exact) mass is 313 g/mol. The fraction of sp³-hybridized carbons (Fsp3) is 0.429. The van der Waals surface area contributed by atoms with E-state index in [0.29, 0.717) is 5.56 Å². The lowest BCUT2D eigenvalue weighted by Crippen LogP contribution is -2.42. The fourth-order valence-electron chi connectivity index (χ4n) is 1.82. The van der Waals surface area contributed by atoms with Gasteiger partial charge in [-0.05, 0) is 37.5 Å². The summed E-state index contributed by atoms with van der Waals surface area (Å²) in [7, 11) is -3.28. The van der Waals surface area contributed by atoms with Gasteiger partial charge in [-0.15, -0.1) is 0 Å². The van der Waals surface area contributed by atoms with Crippen LogP contribution in [0.2, 0.25) is 0 Å². The third-order valence-corrected chi connectivity index (χ3v) is 4.21. The van der Waals surface area contributed by atoms with Crippen LogP contribution in [0.4, 0.5) is 0 Å². The number of nitrogens with one attached hydrogen (secondary N) is 1. The first-order chi connectivity index (χ1) is 9.61. The average molecular weight is 313 g/mol. The number of rotatable bonds is 6. The molecule has 0 radical (unpaired) electrons. The van der Waals surface area contributed by atoms with Crippen LogP contribution in [0.25, 0.3) is 0 Å². The van der Waals surface area contributed by atoms with E-state index in [-0.39, 0.29) is 12.2 Å². The predicted octanol–water partition coefficient (Wildman–Crippen LogP) is 0.921. The molecule has 1 rings (SSSR count). The number of aryl methyl sites for hydroxylation is 1. The van der Waals surface area contributed by atoms with E-state index in [4.69, 9.17) is 5.11 Å². The number of carboxylic acid groups (broad SMARTS) is 1. The molecule has 2 N–H and O–H groups in total. The number of hydrogen-bond acceptors (Lipinski definition) is 4. The molecule has 0 spiro atoms. The third-order valence-electron chi connectivity index (χ3n) is 3.23. The first-order valence-electron chi connectivity index (χ1n) is 6.39. The van der Waals surface area contributed by atoms with Gasteiger partial charge in [-0.3, -0.25) is 4.79 Å². The number of hydrogen-bond donors (Lipinski definition) is 2. The van der Waals surface area contributed by atoms with Crippen molar-refractivity contribution >= 4 is 21.7 Å². The Labute approximate surface area is 124 Å². The van der Waals surface area contributed by atoms with E-state index in [1.807, 2.05) is 13.0 Å². The summed E-state index contributed by atoms with van der Waals surface area (Å²) < 4.78 is 22.2. The zero-order valence-electron chi connectivity index (χ0n) is 12.2. The minimum absolute atomic E-state index is 0.162. The minimum atomic E-state index is -3.28. The number of aliphatic carboxylic acids is 1. The van der Waals surface area contributed by atoms with Gasteiger partial charge in [0.05, 0.1) is 5.75 Å². The van der Waals surface area contributed by atoms with Crippen molar-refractivity contribution in [3.05, 3.63) is 34.9 Å². The Morgan fingerprint density at radius 1 is 1.29 bits per heavy atom. The third kappa shape index (κ3) is 5.18. The summed E-state index contributed by atoms with van der Waals surface area (Å²) >= 11 is 0. The standard InChI is InChI=1S/C14H19NO5S/c1-9-5-4-6-11(10(9)2)13(16)15-12(14(17)18)7-8-21(3,19)20/h4-6,12H,7-8H2,1-3H3,(H,15,16)(H,17,18). The van der Waals surface area contributed by atoms with Crippen molar-refractivity contribution in [1.82, 2.24) is 5.32 Å². The molecule has 6 nitrogen and oxygen atoms in total. The number of amides is 1. The Hall–Kier alpha value is -1.89. The van der Waals surface area contributed by atoms with Crippen LogP contribution >= 0.6 is 0 Å². The van der Waals surface area contributed by atoms with Gasteiger partial charge in [0.15, 0.2) is 0 Å². The van der Waals surface area contributed by atoms with Gasteiger partial charge in [0.2, 0.25) is 0 Å². The van der Waals surface area contributed by atoms with E-state index >= 15 is 0 Å². The Morgan fingerprint density at radius 3 is 2.43 bits per heavy atom. The lowest BCUT2D eigenvalue weighted by atomic mass is 10.0. The van der Waals surface area contributed by atoms with Crippen LogP contribution in [-0.4, -0.2) is 43.5 Å². The van der Waals surface area contributed by atoms with E-state index < -0.39 is 27.8 Å². The highest BCUT2D eigenvalue weighted by atomic mass is 32.2. The maximum absolute atomic E-state index is 12.1. The smallest absolute Gasteiger partial charge is 0.326 e. The van der Waals surface area contributed by atoms with Gasteiger partial charge in [0, 0.05) is 11.8 Å². The SMILES string of the molecule is Cc1cccc(C(=O)NC(CCS(C)(=O)=O)C(=O)O)c1C. The maximum atomic E-state index is 12.1. The molecule has 1 amide bonds. The molecule has 0 saturated heterocycles. The highest BCUT2D eigenvalue weighted by Gasteiger charge is 2.23. The van der Waals surface area contributed by atoms with Gasteiger partial charge in [-0.1, -0.05) is 12.1 Å². The molecule has 0 fully saturated rings. The van der Waals surface area contributed by atoms with E-state index in [2.05, 4.69) is 5.32 Å². The molecule has 0 aliphatic rings. The number of carbonyl (C=O) groups excluding carboxylic acids is 1. The molecule has 116 valence electrons. The van der Waals surface area contributed by atoms with E-state index in [0.717, 1.165) is 17.4 Å². The summed E-state index contributed by atoms with van der Waals surface area (Å²) in [5, 5.41) is 11.5. The zero-order valence-corrected chi connectivity index (χ0v) is 13.0. The van der Waals surface area contributed by atoms with E-state index in [1.54, 1.807) is 19.1 Å². The summed E-state index contributed by atoms with van der Waals surface area (Å²) in [6.45, 7) is 3.63. The molecule has 0 bridgehead atoms. The Balaban J connectivity index is 2.86. The summed E-state index contributed by atoms with van der Waals surface area (Å²) in [5.41, 5.74) is 2.08. The predicted molar refractivity (Wildman–Crippen MR) is 79.1 cm³/mol. The molecule has 1 atom stereocenters. The van der Waals surface area contributed by atoms with Crippen molar-refractivity contribution in [3.8, 4) is 0 Å². The number of sulfone groups is 1. The Kier molecular flexibility index (Phi) is 5.48. The molecule has 1 aromatic rings. The Bertz CT molecular complexity index is 651. The maximum Gasteiger partial charge on any atom is 0.326 e. The number of benzene rings is 1. The molecule has 1 aromatic carbocycles. The second-order valence-electron chi connectivity index (χ2n) is 5.03. The Morgan fingerprint density at radius 2 is 1.90 bits per heavy atom. The number of carbonyl (C=O) groups is 2. The first kappa shape index (κ1) is 17.2. The summed E-state index contributed by atoms with van der Waals surface area (Å²) in [4.78, 5) is 23.3. The first-order valence-corrected chi connectivity index (χ1v) is 8.45. The van der Waals surface area contributed by atoms with E-state index in [1.165, 1.54) is 0 Å². The molecular weight excluding hydrogens is 294 g/mol. The average Bonchev–Trinajstić information content (AvgIpc) is 2.36. The molecule has 0 aromatic heterocycles. The van der Waals surface area contributed by atoms with Gasteiger partial charge < -0.3 is 10.4 Å². The molecule has 21 heavy (non-hydrogen) atoms. The minimum Gasteiger partial charge on any atom is -0.480 e. The second kappa shape index (κ2) is 6.71. The second-order valence-corrected chi connectivity index (χ2v) is 7.29. The van der Waals surface area contributed by atoms with Crippen molar-refractivity contribution in [3.63, 3.8) is 0 Å². The van der Waals surface area contributed by atoms with Gasteiger partial charge in [-0.2, -0.15) is 0 Å². The molecular formula is C14H19NO5S. The highest BCUT2D eigenvalue weighted by Crippen LogP contribution is 2.13. The van der Waals surface area contributed by atoms with Crippen LogP contribution in [-0.2, 0) is 14.6 Å². The van der Waals surface area contributed by atoms with Crippen molar-refractivity contribution in [1.29, 1.82) is 0 Å². The van der Waals surface area contributed by atoms with Crippen molar-refractivity contribution in [2.24, 2.45) is 0 Å². The lowest BCUT2D eigenvalue weighted by molar-refractivity contribution is -0.139. The van der Waals surface area contributed by atoms with Gasteiger partial charge in [0.1, 0.15) is 15.9 Å².